The zero-order valence-corrected chi connectivity index (χ0v) is 20.3. The fourth-order valence-electron chi connectivity index (χ4n) is 3.84. The molecule has 2 aromatic carbocycles. The highest BCUT2D eigenvalue weighted by Gasteiger charge is 2.25. The molecule has 0 aromatic heterocycles. The first-order chi connectivity index (χ1) is 13.9. The van der Waals surface area contributed by atoms with E-state index in [-0.39, 0.29) is 10.8 Å². The predicted molar refractivity (Wildman–Crippen MR) is 129 cm³/mol. The summed E-state index contributed by atoms with van der Waals surface area (Å²) >= 11 is 0. The second kappa shape index (κ2) is 9.29. The van der Waals surface area contributed by atoms with Crippen LogP contribution < -0.4 is 4.74 Å². The fourth-order valence-corrected chi connectivity index (χ4v) is 3.84. The van der Waals surface area contributed by atoms with Crippen LogP contribution in [0.4, 0.5) is 0 Å². The highest BCUT2D eigenvalue weighted by atomic mass is 16.5. The van der Waals surface area contributed by atoms with Gasteiger partial charge in [-0.2, -0.15) is 0 Å². The van der Waals surface area contributed by atoms with Gasteiger partial charge in [0.25, 0.3) is 0 Å². The Morgan fingerprint density at radius 2 is 1.33 bits per heavy atom. The standard InChI is InChI=1S/C28H40O2/c1-10-13-30-26-22(15-20(12-3)17-24(26)28(7,8)9)18-21-14-19(11-2)16-23(25(21)29)27(4,5)6/h10,14-17,29H,1,11-13,18H2,2-9H3. The Labute approximate surface area is 184 Å². The largest absolute Gasteiger partial charge is 0.507 e. The monoisotopic (exact) mass is 408 g/mol. The lowest BCUT2D eigenvalue weighted by molar-refractivity contribution is 0.347. The molecule has 0 radical (unpaired) electrons. The average molecular weight is 409 g/mol. The van der Waals surface area contributed by atoms with Crippen molar-refractivity contribution in [1.82, 2.24) is 0 Å². The lowest BCUT2D eigenvalue weighted by atomic mass is 9.81. The summed E-state index contributed by atoms with van der Waals surface area (Å²) in [7, 11) is 0. The van der Waals surface area contributed by atoms with Crippen molar-refractivity contribution >= 4 is 0 Å². The minimum atomic E-state index is -0.117. The SMILES string of the molecule is C=CCOc1c(Cc2cc(CC)cc(C(C)(C)C)c2O)cc(CC)cc1C(C)(C)C. The molecule has 0 spiro atoms. The molecule has 0 bridgehead atoms. The Balaban J connectivity index is 2.71. The summed E-state index contributed by atoms with van der Waals surface area (Å²) in [4.78, 5) is 0. The number of ether oxygens (including phenoxy) is 1. The number of hydrogen-bond acceptors (Lipinski definition) is 2. The van der Waals surface area contributed by atoms with Gasteiger partial charge in [-0.1, -0.05) is 92.3 Å². The molecule has 0 fully saturated rings. The number of aryl methyl sites for hydroxylation is 2. The van der Waals surface area contributed by atoms with Crippen molar-refractivity contribution < 1.29 is 9.84 Å². The van der Waals surface area contributed by atoms with Gasteiger partial charge in [-0.15, -0.1) is 0 Å². The van der Waals surface area contributed by atoms with Crippen LogP contribution in [0.1, 0.15) is 88.8 Å². The molecule has 0 saturated heterocycles. The van der Waals surface area contributed by atoms with E-state index in [2.05, 4.69) is 86.2 Å². The Morgan fingerprint density at radius 1 is 0.833 bits per heavy atom. The topological polar surface area (TPSA) is 29.5 Å². The summed E-state index contributed by atoms with van der Waals surface area (Å²) in [5.74, 6) is 1.34. The van der Waals surface area contributed by atoms with E-state index in [4.69, 9.17) is 4.74 Å². The molecule has 0 amide bonds. The van der Waals surface area contributed by atoms with Crippen molar-refractivity contribution in [2.45, 2.75) is 85.5 Å². The van der Waals surface area contributed by atoms with Crippen LogP contribution in [0, 0.1) is 0 Å². The number of phenolic OH excluding ortho intramolecular Hbond substituents is 1. The normalized spacial score (nSPS) is 12.1. The summed E-state index contributed by atoms with van der Waals surface area (Å²) in [6.07, 6.45) is 4.34. The smallest absolute Gasteiger partial charge is 0.127 e. The summed E-state index contributed by atoms with van der Waals surface area (Å²) in [5, 5.41) is 11.2. The lowest BCUT2D eigenvalue weighted by Crippen LogP contribution is -2.16. The lowest BCUT2D eigenvalue weighted by Gasteiger charge is -2.27. The number of hydrogen-bond donors (Lipinski definition) is 1. The Bertz CT molecular complexity index is 892. The summed E-state index contributed by atoms with van der Waals surface area (Å²) in [6.45, 7) is 21.8. The molecular weight excluding hydrogens is 368 g/mol. The molecule has 2 heteroatoms. The van der Waals surface area contributed by atoms with Crippen LogP contribution in [0.25, 0.3) is 0 Å². The maximum atomic E-state index is 11.2. The summed E-state index contributed by atoms with van der Waals surface area (Å²) < 4.78 is 6.21. The van der Waals surface area contributed by atoms with Crippen molar-refractivity contribution in [2.75, 3.05) is 6.61 Å². The first kappa shape index (κ1) is 24.1. The van der Waals surface area contributed by atoms with E-state index in [1.165, 1.54) is 16.7 Å². The minimum absolute atomic E-state index is 0.0414. The summed E-state index contributed by atoms with van der Waals surface area (Å²) in [5.41, 5.74) is 6.70. The predicted octanol–water partition coefficient (Wildman–Crippen LogP) is 7.27. The molecule has 1 N–H and O–H groups in total. The molecule has 2 rings (SSSR count). The number of phenols is 1. The second-order valence-corrected chi connectivity index (χ2v) is 10.3. The van der Waals surface area contributed by atoms with Crippen LogP contribution in [0.15, 0.2) is 36.9 Å². The van der Waals surface area contributed by atoms with Gasteiger partial charge < -0.3 is 9.84 Å². The highest BCUT2D eigenvalue weighted by Crippen LogP contribution is 2.40. The van der Waals surface area contributed by atoms with Crippen LogP contribution in [0.5, 0.6) is 11.5 Å². The van der Waals surface area contributed by atoms with Crippen LogP contribution in [0.3, 0.4) is 0 Å². The number of aromatic hydroxyl groups is 1. The Kier molecular flexibility index (Phi) is 7.45. The van der Waals surface area contributed by atoms with Gasteiger partial charge in [-0.25, -0.2) is 0 Å². The van der Waals surface area contributed by atoms with Gasteiger partial charge in [0.05, 0.1) is 0 Å². The van der Waals surface area contributed by atoms with Gasteiger partial charge in [0.2, 0.25) is 0 Å². The van der Waals surface area contributed by atoms with E-state index >= 15 is 0 Å². The van der Waals surface area contributed by atoms with Crippen molar-refractivity contribution in [1.29, 1.82) is 0 Å². The Hall–Kier alpha value is -2.22. The third kappa shape index (κ3) is 5.47. The van der Waals surface area contributed by atoms with Crippen LogP contribution in [-0.2, 0) is 30.1 Å². The zero-order chi connectivity index (χ0) is 22.7. The maximum absolute atomic E-state index is 11.2. The molecule has 2 nitrogen and oxygen atoms in total. The van der Waals surface area contributed by atoms with E-state index in [0.717, 1.165) is 35.3 Å². The molecule has 0 aliphatic heterocycles. The van der Waals surface area contributed by atoms with Gasteiger partial charge in [0, 0.05) is 12.0 Å². The van der Waals surface area contributed by atoms with Gasteiger partial charge in [0.15, 0.2) is 0 Å². The van der Waals surface area contributed by atoms with E-state index in [1.54, 1.807) is 6.08 Å². The van der Waals surface area contributed by atoms with Crippen molar-refractivity contribution in [3.8, 4) is 11.5 Å². The molecule has 2 aromatic rings. The third-order valence-electron chi connectivity index (χ3n) is 5.63. The highest BCUT2D eigenvalue weighted by molar-refractivity contribution is 5.54. The number of benzene rings is 2. The molecule has 0 aliphatic rings. The first-order valence-corrected chi connectivity index (χ1v) is 11.2. The fraction of sp³-hybridized carbons (Fsp3) is 0.500. The van der Waals surface area contributed by atoms with Gasteiger partial charge in [-0.3, -0.25) is 0 Å². The summed E-state index contributed by atoms with van der Waals surface area (Å²) in [6, 6.07) is 8.81. The Morgan fingerprint density at radius 3 is 1.80 bits per heavy atom. The van der Waals surface area contributed by atoms with E-state index in [0.29, 0.717) is 18.8 Å². The van der Waals surface area contributed by atoms with E-state index in [9.17, 15) is 5.11 Å². The molecule has 164 valence electrons. The van der Waals surface area contributed by atoms with Crippen molar-refractivity contribution in [3.05, 3.63) is 70.3 Å². The molecule has 0 saturated carbocycles. The number of rotatable bonds is 7. The second-order valence-electron chi connectivity index (χ2n) is 10.3. The molecule has 0 atom stereocenters. The zero-order valence-electron chi connectivity index (χ0n) is 20.3. The minimum Gasteiger partial charge on any atom is -0.507 e. The third-order valence-corrected chi connectivity index (χ3v) is 5.63. The van der Waals surface area contributed by atoms with Crippen molar-refractivity contribution in [3.63, 3.8) is 0 Å². The molecule has 0 aliphatic carbocycles. The first-order valence-electron chi connectivity index (χ1n) is 11.2. The van der Waals surface area contributed by atoms with Gasteiger partial charge >= 0.3 is 0 Å². The molecule has 0 heterocycles. The van der Waals surface area contributed by atoms with Gasteiger partial charge in [0.1, 0.15) is 18.1 Å². The van der Waals surface area contributed by atoms with E-state index < -0.39 is 0 Å². The van der Waals surface area contributed by atoms with Crippen LogP contribution in [0.2, 0.25) is 0 Å². The molecule has 30 heavy (non-hydrogen) atoms. The van der Waals surface area contributed by atoms with Crippen molar-refractivity contribution in [2.24, 2.45) is 0 Å². The maximum Gasteiger partial charge on any atom is 0.127 e. The van der Waals surface area contributed by atoms with Crippen LogP contribution in [-0.4, -0.2) is 11.7 Å². The molecular formula is C28H40O2. The quantitative estimate of drug-likeness (QED) is 0.488. The molecule has 0 unspecified atom stereocenters. The van der Waals surface area contributed by atoms with Crippen LogP contribution >= 0.6 is 0 Å². The van der Waals surface area contributed by atoms with Gasteiger partial charge in [-0.05, 0) is 51.5 Å². The van der Waals surface area contributed by atoms with E-state index in [1.807, 2.05) is 0 Å². The average Bonchev–Trinajstić information content (AvgIpc) is 2.66.